The van der Waals surface area contributed by atoms with E-state index in [4.69, 9.17) is 4.74 Å². The molecule has 1 unspecified atom stereocenters. The molecule has 0 bridgehead atoms. The van der Waals surface area contributed by atoms with Crippen LogP contribution in [0.2, 0.25) is 0 Å². The minimum atomic E-state index is -0.315. The lowest BCUT2D eigenvalue weighted by Gasteiger charge is -2.19. The monoisotopic (exact) mass is 236 g/mol. The topological polar surface area (TPSA) is 34.1 Å². The Labute approximate surface area is 101 Å². The molecule has 1 aliphatic rings. The molecular weight excluding hydrogens is 219 g/mol. The van der Waals surface area contributed by atoms with Crippen molar-refractivity contribution in [3.63, 3.8) is 0 Å². The SMILES string of the molecule is CCCNC(C1=CCCO1)c1cncc(F)c1. The first kappa shape index (κ1) is 12.0. The quantitative estimate of drug-likeness (QED) is 0.853. The Kier molecular flexibility index (Phi) is 4.09. The lowest BCUT2D eigenvalue weighted by Crippen LogP contribution is -2.24. The Morgan fingerprint density at radius 1 is 1.53 bits per heavy atom. The lowest BCUT2D eigenvalue weighted by molar-refractivity contribution is 0.215. The number of hydrogen-bond donors (Lipinski definition) is 1. The van der Waals surface area contributed by atoms with Gasteiger partial charge in [0.15, 0.2) is 0 Å². The molecule has 3 nitrogen and oxygen atoms in total. The molecule has 1 aromatic heterocycles. The van der Waals surface area contributed by atoms with E-state index in [0.29, 0.717) is 6.61 Å². The average molecular weight is 236 g/mol. The molecule has 0 spiro atoms. The van der Waals surface area contributed by atoms with E-state index in [0.717, 1.165) is 30.7 Å². The van der Waals surface area contributed by atoms with E-state index in [-0.39, 0.29) is 11.9 Å². The molecule has 0 amide bonds. The summed E-state index contributed by atoms with van der Waals surface area (Å²) >= 11 is 0. The summed E-state index contributed by atoms with van der Waals surface area (Å²) in [5, 5.41) is 3.35. The third-order valence-corrected chi connectivity index (χ3v) is 2.67. The zero-order valence-electron chi connectivity index (χ0n) is 9.95. The predicted octanol–water partition coefficient (Wildman–Crippen LogP) is 2.57. The van der Waals surface area contributed by atoms with E-state index < -0.39 is 0 Å². The van der Waals surface area contributed by atoms with Gasteiger partial charge in [-0.05, 0) is 30.7 Å². The molecule has 1 N–H and O–H groups in total. The Morgan fingerprint density at radius 2 is 2.41 bits per heavy atom. The summed E-state index contributed by atoms with van der Waals surface area (Å²) in [5.74, 6) is 0.565. The molecule has 0 radical (unpaired) electrons. The second-order valence-electron chi connectivity index (χ2n) is 4.07. The van der Waals surface area contributed by atoms with E-state index in [1.807, 2.05) is 0 Å². The van der Waals surface area contributed by atoms with Gasteiger partial charge in [0.2, 0.25) is 0 Å². The highest BCUT2D eigenvalue weighted by Gasteiger charge is 2.20. The van der Waals surface area contributed by atoms with E-state index in [1.54, 1.807) is 6.20 Å². The maximum Gasteiger partial charge on any atom is 0.141 e. The fourth-order valence-electron chi connectivity index (χ4n) is 1.90. The number of nitrogens with one attached hydrogen (secondary N) is 1. The van der Waals surface area contributed by atoms with Crippen LogP contribution in [0.3, 0.4) is 0 Å². The molecule has 1 aromatic rings. The molecule has 2 heterocycles. The third kappa shape index (κ3) is 3.03. The molecule has 0 saturated heterocycles. The van der Waals surface area contributed by atoms with Crippen LogP contribution in [0.25, 0.3) is 0 Å². The zero-order valence-corrected chi connectivity index (χ0v) is 9.95. The van der Waals surface area contributed by atoms with Crippen molar-refractivity contribution >= 4 is 0 Å². The van der Waals surface area contributed by atoms with Crippen LogP contribution in [0, 0.1) is 5.82 Å². The van der Waals surface area contributed by atoms with Gasteiger partial charge in [-0.1, -0.05) is 6.92 Å². The Balaban J connectivity index is 2.19. The summed E-state index contributed by atoms with van der Waals surface area (Å²) in [6, 6.07) is 1.42. The number of nitrogens with zero attached hydrogens (tertiary/aromatic N) is 1. The van der Waals surface area contributed by atoms with Gasteiger partial charge < -0.3 is 10.1 Å². The maximum absolute atomic E-state index is 13.2. The largest absolute Gasteiger partial charge is 0.496 e. The van der Waals surface area contributed by atoms with Crippen LogP contribution in [0.15, 0.2) is 30.3 Å². The number of aromatic nitrogens is 1. The highest BCUT2D eigenvalue weighted by molar-refractivity contribution is 5.24. The van der Waals surface area contributed by atoms with Crippen LogP contribution in [-0.2, 0) is 4.74 Å². The van der Waals surface area contributed by atoms with Crippen LogP contribution in [0.5, 0.6) is 0 Å². The minimum absolute atomic E-state index is 0.0827. The van der Waals surface area contributed by atoms with Crippen molar-refractivity contribution in [2.75, 3.05) is 13.2 Å². The van der Waals surface area contributed by atoms with E-state index >= 15 is 0 Å². The fraction of sp³-hybridized carbons (Fsp3) is 0.462. The van der Waals surface area contributed by atoms with Crippen molar-refractivity contribution in [1.82, 2.24) is 10.3 Å². The number of halogens is 1. The maximum atomic E-state index is 13.2. The molecule has 1 atom stereocenters. The number of pyridine rings is 1. The van der Waals surface area contributed by atoms with Gasteiger partial charge in [0.25, 0.3) is 0 Å². The molecule has 0 aromatic carbocycles. The van der Waals surface area contributed by atoms with Gasteiger partial charge in [-0.15, -0.1) is 0 Å². The second kappa shape index (κ2) is 5.77. The van der Waals surface area contributed by atoms with Gasteiger partial charge in [-0.3, -0.25) is 4.98 Å². The Hall–Kier alpha value is -1.42. The molecule has 0 aliphatic carbocycles. The molecule has 0 fully saturated rings. The second-order valence-corrected chi connectivity index (χ2v) is 4.07. The molecule has 0 saturated carbocycles. The number of hydrogen-bond acceptors (Lipinski definition) is 3. The van der Waals surface area contributed by atoms with Gasteiger partial charge in [0, 0.05) is 12.6 Å². The Morgan fingerprint density at radius 3 is 3.06 bits per heavy atom. The Bertz CT molecular complexity index is 406. The molecule has 1 aliphatic heterocycles. The van der Waals surface area contributed by atoms with Crippen LogP contribution < -0.4 is 5.32 Å². The van der Waals surface area contributed by atoms with Crippen molar-refractivity contribution < 1.29 is 9.13 Å². The average Bonchev–Trinajstić information content (AvgIpc) is 2.83. The molecule has 4 heteroatoms. The molecular formula is C13H17FN2O. The first-order chi connectivity index (χ1) is 8.31. The lowest BCUT2D eigenvalue weighted by atomic mass is 10.1. The summed E-state index contributed by atoms with van der Waals surface area (Å²) in [6.45, 7) is 3.67. The predicted molar refractivity (Wildman–Crippen MR) is 63.9 cm³/mol. The first-order valence-electron chi connectivity index (χ1n) is 5.98. The van der Waals surface area contributed by atoms with Gasteiger partial charge in [-0.2, -0.15) is 0 Å². The van der Waals surface area contributed by atoms with Crippen molar-refractivity contribution in [2.45, 2.75) is 25.8 Å². The van der Waals surface area contributed by atoms with Crippen LogP contribution in [0.1, 0.15) is 31.4 Å². The number of rotatable bonds is 5. The summed E-state index contributed by atoms with van der Waals surface area (Å²) in [5.41, 5.74) is 0.812. The summed E-state index contributed by atoms with van der Waals surface area (Å²) in [4.78, 5) is 3.89. The van der Waals surface area contributed by atoms with Crippen LogP contribution in [-0.4, -0.2) is 18.1 Å². The highest BCUT2D eigenvalue weighted by Crippen LogP contribution is 2.26. The first-order valence-corrected chi connectivity index (χ1v) is 5.98. The van der Waals surface area contributed by atoms with Crippen molar-refractivity contribution in [3.05, 3.63) is 41.7 Å². The van der Waals surface area contributed by atoms with Gasteiger partial charge in [-0.25, -0.2) is 4.39 Å². The summed E-state index contributed by atoms with van der Waals surface area (Å²) in [7, 11) is 0. The standard InChI is InChI=1S/C13H17FN2O/c1-2-5-16-13(12-4-3-6-17-12)10-7-11(14)9-15-8-10/h4,7-9,13,16H,2-3,5-6H2,1H3. The summed E-state index contributed by atoms with van der Waals surface area (Å²) < 4.78 is 18.7. The van der Waals surface area contributed by atoms with Gasteiger partial charge >= 0.3 is 0 Å². The van der Waals surface area contributed by atoms with Crippen molar-refractivity contribution in [3.8, 4) is 0 Å². The van der Waals surface area contributed by atoms with Crippen molar-refractivity contribution in [2.24, 2.45) is 0 Å². The van der Waals surface area contributed by atoms with Crippen LogP contribution in [0.4, 0.5) is 4.39 Å². The molecule has 92 valence electrons. The number of ether oxygens (including phenoxy) is 1. The fourth-order valence-corrected chi connectivity index (χ4v) is 1.90. The van der Waals surface area contributed by atoms with Gasteiger partial charge in [0.1, 0.15) is 11.6 Å². The van der Waals surface area contributed by atoms with Crippen LogP contribution >= 0.6 is 0 Å². The normalized spacial score (nSPS) is 16.5. The van der Waals surface area contributed by atoms with Gasteiger partial charge in [0.05, 0.1) is 18.8 Å². The minimum Gasteiger partial charge on any atom is -0.496 e. The van der Waals surface area contributed by atoms with E-state index in [9.17, 15) is 4.39 Å². The summed E-state index contributed by atoms with van der Waals surface area (Å²) in [6.07, 6.45) is 6.89. The molecule has 17 heavy (non-hydrogen) atoms. The smallest absolute Gasteiger partial charge is 0.141 e. The van der Waals surface area contributed by atoms with E-state index in [1.165, 1.54) is 12.3 Å². The highest BCUT2D eigenvalue weighted by atomic mass is 19.1. The van der Waals surface area contributed by atoms with Crippen molar-refractivity contribution in [1.29, 1.82) is 0 Å². The zero-order chi connectivity index (χ0) is 12.1. The molecule has 2 rings (SSSR count). The van der Waals surface area contributed by atoms with E-state index in [2.05, 4.69) is 23.3 Å². The third-order valence-electron chi connectivity index (χ3n) is 2.67.